The molecule has 2 nitrogen and oxygen atoms in total. The maximum absolute atomic E-state index is 6.20. The molecule has 0 bridgehead atoms. The van der Waals surface area contributed by atoms with Crippen LogP contribution >= 0.6 is 0 Å². The summed E-state index contributed by atoms with van der Waals surface area (Å²) in [4.78, 5) is 0. The standard InChI is InChI=1S/C14H21NO/c1-10(2)3-5-13(15)11-4-6-14-12(9-11)7-8-16-14/h4,6,9-10,13H,3,5,7-8,15H2,1-2H3. The van der Waals surface area contributed by atoms with Gasteiger partial charge in [-0.25, -0.2) is 0 Å². The van der Waals surface area contributed by atoms with E-state index in [9.17, 15) is 0 Å². The molecule has 0 aliphatic carbocycles. The van der Waals surface area contributed by atoms with Gasteiger partial charge in [-0.1, -0.05) is 26.0 Å². The first-order chi connectivity index (χ1) is 7.66. The second-order valence-corrected chi connectivity index (χ2v) is 5.04. The molecule has 0 saturated heterocycles. The van der Waals surface area contributed by atoms with Gasteiger partial charge in [-0.15, -0.1) is 0 Å². The van der Waals surface area contributed by atoms with Gasteiger partial charge in [0.2, 0.25) is 0 Å². The summed E-state index contributed by atoms with van der Waals surface area (Å²) in [6.45, 7) is 5.30. The molecular formula is C14H21NO. The number of hydrogen-bond donors (Lipinski definition) is 1. The Morgan fingerprint density at radius 3 is 2.88 bits per heavy atom. The second kappa shape index (κ2) is 4.88. The molecule has 2 heteroatoms. The quantitative estimate of drug-likeness (QED) is 0.844. The molecule has 1 aliphatic heterocycles. The molecule has 0 saturated carbocycles. The van der Waals surface area contributed by atoms with Gasteiger partial charge in [0.1, 0.15) is 5.75 Å². The average molecular weight is 219 g/mol. The fourth-order valence-corrected chi connectivity index (χ4v) is 2.12. The minimum absolute atomic E-state index is 0.174. The van der Waals surface area contributed by atoms with Crippen LogP contribution in [0.2, 0.25) is 0 Å². The Hall–Kier alpha value is -1.02. The lowest BCUT2D eigenvalue weighted by Crippen LogP contribution is -2.11. The zero-order chi connectivity index (χ0) is 11.5. The van der Waals surface area contributed by atoms with Crippen molar-refractivity contribution in [2.24, 2.45) is 11.7 Å². The Labute approximate surface area is 97.8 Å². The first-order valence-corrected chi connectivity index (χ1v) is 6.18. The molecule has 0 fully saturated rings. The van der Waals surface area contributed by atoms with E-state index in [1.807, 2.05) is 0 Å². The van der Waals surface area contributed by atoms with Crippen molar-refractivity contribution in [1.29, 1.82) is 0 Å². The average Bonchev–Trinajstić information content (AvgIpc) is 2.72. The summed E-state index contributed by atoms with van der Waals surface area (Å²) >= 11 is 0. The van der Waals surface area contributed by atoms with E-state index in [1.54, 1.807) is 0 Å². The smallest absolute Gasteiger partial charge is 0.122 e. The highest BCUT2D eigenvalue weighted by molar-refractivity contribution is 5.40. The molecule has 0 spiro atoms. The first-order valence-electron chi connectivity index (χ1n) is 6.18. The van der Waals surface area contributed by atoms with Gasteiger partial charge in [0.05, 0.1) is 6.61 Å². The van der Waals surface area contributed by atoms with Crippen molar-refractivity contribution in [3.05, 3.63) is 29.3 Å². The summed E-state index contributed by atoms with van der Waals surface area (Å²) < 4.78 is 5.49. The van der Waals surface area contributed by atoms with Gasteiger partial charge in [-0.05, 0) is 36.0 Å². The Bertz CT molecular complexity index is 360. The topological polar surface area (TPSA) is 35.2 Å². The number of rotatable bonds is 4. The summed E-state index contributed by atoms with van der Waals surface area (Å²) in [5.74, 6) is 1.77. The van der Waals surface area contributed by atoms with Crippen LogP contribution in [0.5, 0.6) is 5.75 Å². The fourth-order valence-electron chi connectivity index (χ4n) is 2.12. The first kappa shape index (κ1) is 11.5. The monoisotopic (exact) mass is 219 g/mol. The zero-order valence-electron chi connectivity index (χ0n) is 10.2. The number of benzene rings is 1. The summed E-state index contributed by atoms with van der Waals surface area (Å²) in [6, 6.07) is 6.56. The predicted molar refractivity (Wildman–Crippen MR) is 66.6 cm³/mol. The van der Waals surface area contributed by atoms with E-state index in [1.165, 1.54) is 17.5 Å². The van der Waals surface area contributed by atoms with Crippen LogP contribution < -0.4 is 10.5 Å². The minimum Gasteiger partial charge on any atom is -0.493 e. The number of nitrogens with two attached hydrogens (primary N) is 1. The lowest BCUT2D eigenvalue weighted by atomic mass is 9.96. The predicted octanol–water partition coefficient (Wildman–Crippen LogP) is 3.06. The van der Waals surface area contributed by atoms with Crippen LogP contribution in [-0.4, -0.2) is 6.61 Å². The lowest BCUT2D eigenvalue weighted by molar-refractivity contribution is 0.356. The molecule has 0 radical (unpaired) electrons. The molecule has 16 heavy (non-hydrogen) atoms. The molecule has 0 aromatic heterocycles. The minimum atomic E-state index is 0.174. The third-order valence-corrected chi connectivity index (χ3v) is 3.20. The van der Waals surface area contributed by atoms with Crippen LogP contribution in [0.25, 0.3) is 0 Å². The van der Waals surface area contributed by atoms with Crippen LogP contribution in [0.1, 0.15) is 43.9 Å². The third-order valence-electron chi connectivity index (χ3n) is 3.20. The van der Waals surface area contributed by atoms with Crippen molar-refractivity contribution in [3.63, 3.8) is 0 Å². The van der Waals surface area contributed by atoms with Crippen LogP contribution in [-0.2, 0) is 6.42 Å². The molecule has 1 aromatic rings. The van der Waals surface area contributed by atoms with Gasteiger partial charge in [0.15, 0.2) is 0 Å². The van der Waals surface area contributed by atoms with Crippen molar-refractivity contribution < 1.29 is 4.74 Å². The highest BCUT2D eigenvalue weighted by Gasteiger charge is 2.14. The number of fused-ring (bicyclic) bond motifs is 1. The molecule has 88 valence electrons. The summed E-state index contributed by atoms with van der Waals surface area (Å²) in [6.07, 6.45) is 3.28. The SMILES string of the molecule is CC(C)CCC(N)c1ccc2c(c1)CCO2. The van der Waals surface area contributed by atoms with E-state index in [0.717, 1.165) is 31.1 Å². The van der Waals surface area contributed by atoms with Crippen molar-refractivity contribution >= 4 is 0 Å². The zero-order valence-corrected chi connectivity index (χ0v) is 10.2. The van der Waals surface area contributed by atoms with E-state index >= 15 is 0 Å². The second-order valence-electron chi connectivity index (χ2n) is 5.04. The van der Waals surface area contributed by atoms with E-state index in [2.05, 4.69) is 32.0 Å². The summed E-state index contributed by atoms with van der Waals surface area (Å²) in [5.41, 5.74) is 8.77. The highest BCUT2D eigenvalue weighted by Crippen LogP contribution is 2.29. The van der Waals surface area contributed by atoms with Crippen molar-refractivity contribution in [1.82, 2.24) is 0 Å². The largest absolute Gasteiger partial charge is 0.493 e. The fraction of sp³-hybridized carbons (Fsp3) is 0.571. The highest BCUT2D eigenvalue weighted by atomic mass is 16.5. The van der Waals surface area contributed by atoms with Crippen molar-refractivity contribution in [2.75, 3.05) is 6.61 Å². The third kappa shape index (κ3) is 2.56. The molecule has 1 atom stereocenters. The van der Waals surface area contributed by atoms with Crippen molar-refractivity contribution in [3.8, 4) is 5.75 Å². The maximum atomic E-state index is 6.20. The van der Waals surface area contributed by atoms with Crippen molar-refractivity contribution in [2.45, 2.75) is 39.2 Å². The maximum Gasteiger partial charge on any atom is 0.122 e. The van der Waals surface area contributed by atoms with Gasteiger partial charge in [-0.2, -0.15) is 0 Å². The van der Waals surface area contributed by atoms with E-state index < -0.39 is 0 Å². The lowest BCUT2D eigenvalue weighted by Gasteiger charge is -2.14. The molecular weight excluding hydrogens is 198 g/mol. The normalized spacial score (nSPS) is 16.0. The van der Waals surface area contributed by atoms with E-state index in [4.69, 9.17) is 10.5 Å². The molecule has 1 heterocycles. The van der Waals surface area contributed by atoms with Crippen LogP contribution in [0.15, 0.2) is 18.2 Å². The molecule has 1 unspecified atom stereocenters. The van der Waals surface area contributed by atoms with Gasteiger partial charge in [-0.3, -0.25) is 0 Å². The van der Waals surface area contributed by atoms with Gasteiger partial charge in [0.25, 0.3) is 0 Å². The summed E-state index contributed by atoms with van der Waals surface area (Å²) in [5, 5.41) is 0. The van der Waals surface area contributed by atoms with Gasteiger partial charge < -0.3 is 10.5 Å². The Balaban J connectivity index is 2.03. The number of hydrogen-bond acceptors (Lipinski definition) is 2. The molecule has 2 N–H and O–H groups in total. The number of ether oxygens (including phenoxy) is 1. The van der Waals surface area contributed by atoms with Crippen LogP contribution in [0.4, 0.5) is 0 Å². The van der Waals surface area contributed by atoms with Gasteiger partial charge in [0, 0.05) is 12.5 Å². The molecule has 1 aliphatic rings. The van der Waals surface area contributed by atoms with Gasteiger partial charge >= 0.3 is 0 Å². The Morgan fingerprint density at radius 1 is 1.31 bits per heavy atom. The Kier molecular flexibility index (Phi) is 3.49. The molecule has 2 rings (SSSR count). The van der Waals surface area contributed by atoms with E-state index in [-0.39, 0.29) is 6.04 Å². The van der Waals surface area contributed by atoms with Crippen LogP contribution in [0.3, 0.4) is 0 Å². The Morgan fingerprint density at radius 2 is 2.12 bits per heavy atom. The molecule has 0 amide bonds. The van der Waals surface area contributed by atoms with E-state index in [0.29, 0.717) is 0 Å². The molecule has 1 aromatic carbocycles. The van der Waals surface area contributed by atoms with Crippen LogP contribution in [0, 0.1) is 5.92 Å². The summed E-state index contributed by atoms with van der Waals surface area (Å²) in [7, 11) is 0.